The van der Waals surface area contributed by atoms with Gasteiger partial charge in [0.15, 0.2) is 0 Å². The average Bonchev–Trinajstić information content (AvgIpc) is 2.59. The van der Waals surface area contributed by atoms with E-state index in [-0.39, 0.29) is 0 Å². The molecule has 0 bridgehead atoms. The summed E-state index contributed by atoms with van der Waals surface area (Å²) in [6, 6.07) is 18.8. The second-order valence-corrected chi connectivity index (χ2v) is 15.4. The third kappa shape index (κ3) is 3.76. The molecule has 0 N–H and O–H groups in total. The van der Waals surface area contributed by atoms with Gasteiger partial charge < -0.3 is 0 Å². The van der Waals surface area contributed by atoms with E-state index in [1.165, 1.54) is 9.81 Å². The van der Waals surface area contributed by atoms with E-state index in [0.717, 1.165) is 31.8 Å². The Bertz CT molecular complexity index is 812. The fourth-order valence-electron chi connectivity index (χ4n) is 2.80. The van der Waals surface area contributed by atoms with E-state index < -0.39 is 21.8 Å². The van der Waals surface area contributed by atoms with Gasteiger partial charge in [0, 0.05) is 0 Å². The first-order chi connectivity index (χ1) is 11.9. The monoisotopic (exact) mass is 584 g/mol. The molecule has 3 rings (SSSR count). The Morgan fingerprint density at radius 1 is 0.520 bits per heavy atom. The summed E-state index contributed by atoms with van der Waals surface area (Å²) in [6.07, 6.45) is 0. The van der Waals surface area contributed by atoms with Crippen molar-refractivity contribution in [2.45, 2.75) is 20.8 Å². The second kappa shape index (κ2) is 7.97. The van der Waals surface area contributed by atoms with Crippen LogP contribution in [0.5, 0.6) is 0 Å². The molecule has 0 spiro atoms. The van der Waals surface area contributed by atoms with Gasteiger partial charge in [-0.25, -0.2) is 0 Å². The van der Waals surface area contributed by atoms with E-state index in [1.807, 2.05) is 39.0 Å². The quantitative estimate of drug-likeness (QED) is 0.376. The molecule has 3 aromatic rings. The van der Waals surface area contributed by atoms with Gasteiger partial charge in [-0.1, -0.05) is 0 Å². The SMILES string of the molecule is Cc1ccc[c]([Bi]([c]2cccc(C)c2Cl)[c]2cccc(C)c2Cl)c1Cl. The molecule has 0 radical (unpaired) electrons. The van der Waals surface area contributed by atoms with Crippen LogP contribution in [0.15, 0.2) is 54.6 Å². The Balaban J connectivity index is 2.35. The molecular formula is C21H18BiCl3. The third-order valence-corrected chi connectivity index (χ3v) is 17.3. The number of halogens is 3. The van der Waals surface area contributed by atoms with Crippen molar-refractivity contribution in [2.24, 2.45) is 0 Å². The van der Waals surface area contributed by atoms with Crippen LogP contribution in [0.25, 0.3) is 0 Å². The van der Waals surface area contributed by atoms with Gasteiger partial charge in [0.2, 0.25) is 0 Å². The molecule has 0 unspecified atom stereocenters. The van der Waals surface area contributed by atoms with Gasteiger partial charge in [0.25, 0.3) is 0 Å². The van der Waals surface area contributed by atoms with Gasteiger partial charge >= 0.3 is 173 Å². The van der Waals surface area contributed by atoms with Crippen molar-refractivity contribution in [3.8, 4) is 0 Å². The van der Waals surface area contributed by atoms with Gasteiger partial charge in [-0.2, -0.15) is 0 Å². The molecule has 25 heavy (non-hydrogen) atoms. The molecule has 0 atom stereocenters. The van der Waals surface area contributed by atoms with Crippen LogP contribution in [0.1, 0.15) is 16.7 Å². The minimum absolute atomic E-state index is 0.843. The zero-order valence-electron chi connectivity index (χ0n) is 14.3. The predicted octanol–water partition coefficient (Wildman–Crippen LogP) is 5.09. The Morgan fingerprint density at radius 2 is 0.800 bits per heavy atom. The first-order valence-electron chi connectivity index (χ1n) is 7.97. The van der Waals surface area contributed by atoms with Gasteiger partial charge in [-0.05, 0) is 0 Å². The van der Waals surface area contributed by atoms with E-state index in [1.54, 1.807) is 0 Å². The first kappa shape index (κ1) is 19.2. The molecular weight excluding hydrogens is 568 g/mol. The molecule has 0 saturated carbocycles. The maximum absolute atomic E-state index is 6.74. The Hall–Kier alpha value is -0.587. The van der Waals surface area contributed by atoms with Crippen molar-refractivity contribution in [1.82, 2.24) is 0 Å². The molecule has 3 aromatic carbocycles. The first-order valence-corrected chi connectivity index (χ1v) is 14.3. The number of rotatable bonds is 3. The number of aryl methyl sites for hydroxylation is 3. The van der Waals surface area contributed by atoms with Crippen molar-refractivity contribution in [3.05, 3.63) is 86.4 Å². The summed E-state index contributed by atoms with van der Waals surface area (Å²) in [5, 5.41) is 2.53. The molecule has 0 aromatic heterocycles. The van der Waals surface area contributed by atoms with Crippen LogP contribution < -0.4 is 9.81 Å². The summed E-state index contributed by atoms with van der Waals surface area (Å²) in [4.78, 5) is 0. The molecule has 4 heteroatoms. The van der Waals surface area contributed by atoms with Crippen molar-refractivity contribution in [1.29, 1.82) is 0 Å². The number of hydrogen-bond donors (Lipinski definition) is 0. The van der Waals surface area contributed by atoms with Crippen LogP contribution in [0.3, 0.4) is 0 Å². The van der Waals surface area contributed by atoms with Crippen LogP contribution in [0, 0.1) is 20.8 Å². The van der Waals surface area contributed by atoms with Crippen molar-refractivity contribution in [3.63, 3.8) is 0 Å². The molecule has 0 saturated heterocycles. The van der Waals surface area contributed by atoms with Gasteiger partial charge in [-0.15, -0.1) is 0 Å². The third-order valence-electron chi connectivity index (χ3n) is 4.24. The van der Waals surface area contributed by atoms with E-state index in [4.69, 9.17) is 34.8 Å². The van der Waals surface area contributed by atoms with E-state index >= 15 is 0 Å². The standard InChI is InChI=1S/3C7H6Cl.Bi/c3*1-6-4-2-3-5-7(6)8;/h3*2-4H,1H3;. The van der Waals surface area contributed by atoms with Crippen LogP contribution in [0.4, 0.5) is 0 Å². The van der Waals surface area contributed by atoms with Crippen LogP contribution in [-0.4, -0.2) is 21.8 Å². The summed E-state index contributed by atoms with van der Waals surface area (Å²) in [7, 11) is 0. The van der Waals surface area contributed by atoms with Gasteiger partial charge in [-0.3, -0.25) is 0 Å². The Morgan fingerprint density at radius 3 is 1.08 bits per heavy atom. The Kier molecular flexibility index (Phi) is 6.12. The van der Waals surface area contributed by atoms with Crippen LogP contribution in [-0.2, 0) is 0 Å². The summed E-state index contributed by atoms with van der Waals surface area (Å²) in [6.45, 7) is 6.14. The zero-order valence-corrected chi connectivity index (χ0v) is 20.0. The summed E-state index contributed by atoms with van der Waals surface area (Å²) in [5.74, 6) is 0. The molecule has 0 amide bonds. The Labute approximate surface area is 172 Å². The number of hydrogen-bond acceptors (Lipinski definition) is 0. The normalized spacial score (nSPS) is 11.2. The molecule has 128 valence electrons. The molecule has 0 aliphatic rings. The van der Waals surface area contributed by atoms with Crippen LogP contribution >= 0.6 is 34.8 Å². The van der Waals surface area contributed by atoms with Crippen molar-refractivity contribution >= 4 is 66.4 Å². The minimum atomic E-state index is -2.74. The molecule has 0 heterocycles. The van der Waals surface area contributed by atoms with Crippen molar-refractivity contribution < 1.29 is 0 Å². The van der Waals surface area contributed by atoms with Gasteiger partial charge in [0.1, 0.15) is 0 Å². The summed E-state index contributed by atoms with van der Waals surface area (Å²) >= 11 is 17.5. The summed E-state index contributed by atoms with van der Waals surface area (Å²) in [5.41, 5.74) is 3.27. The molecule has 0 fully saturated rings. The maximum atomic E-state index is 6.74. The average molecular weight is 586 g/mol. The fraction of sp³-hybridized carbons (Fsp3) is 0.143. The van der Waals surface area contributed by atoms with E-state index in [9.17, 15) is 0 Å². The van der Waals surface area contributed by atoms with Crippen molar-refractivity contribution in [2.75, 3.05) is 0 Å². The molecule has 0 aliphatic heterocycles. The predicted molar refractivity (Wildman–Crippen MR) is 113 cm³/mol. The fourth-order valence-corrected chi connectivity index (χ4v) is 15.5. The van der Waals surface area contributed by atoms with Gasteiger partial charge in [0.05, 0.1) is 0 Å². The second-order valence-electron chi connectivity index (χ2n) is 6.06. The zero-order chi connectivity index (χ0) is 18.1. The molecule has 0 aliphatic carbocycles. The number of benzene rings is 3. The van der Waals surface area contributed by atoms with Crippen LogP contribution in [0.2, 0.25) is 15.1 Å². The topological polar surface area (TPSA) is 0 Å². The van der Waals surface area contributed by atoms with E-state index in [0.29, 0.717) is 0 Å². The summed E-state index contributed by atoms with van der Waals surface area (Å²) < 4.78 is 3.66. The van der Waals surface area contributed by atoms with E-state index in [2.05, 4.69) is 36.4 Å². The molecule has 0 nitrogen and oxygen atoms in total.